The second kappa shape index (κ2) is 7.28. The Morgan fingerprint density at radius 3 is 2.12 bits per heavy atom. The zero-order valence-electron chi connectivity index (χ0n) is 21.4. The number of hydrogen-bond donors (Lipinski definition) is 0. The molecular formula is C30H36N3+. The topological polar surface area (TPSA) is 21.2 Å². The summed E-state index contributed by atoms with van der Waals surface area (Å²) in [5.74, 6) is 0. The van der Waals surface area contributed by atoms with E-state index in [0.29, 0.717) is 0 Å². The van der Waals surface area contributed by atoms with Crippen molar-refractivity contribution in [2.24, 2.45) is 17.9 Å². The molecule has 3 heteroatoms. The SMILES string of the molecule is Cc1ccnc2c3cc(CC(C)(C)C)ccc3n3c4cc(CC(C)(C)C)ccc4[n+](C)c3c12. The molecule has 0 fully saturated rings. The van der Waals surface area contributed by atoms with E-state index in [4.69, 9.17) is 4.98 Å². The van der Waals surface area contributed by atoms with Crippen LogP contribution in [-0.4, -0.2) is 9.38 Å². The number of fused-ring (bicyclic) bond motifs is 8. The molecule has 3 nitrogen and oxygen atoms in total. The summed E-state index contributed by atoms with van der Waals surface area (Å²) in [7, 11) is 2.19. The van der Waals surface area contributed by atoms with Gasteiger partial charge in [0.1, 0.15) is 5.52 Å². The molecule has 0 radical (unpaired) electrons. The van der Waals surface area contributed by atoms with Gasteiger partial charge in [0.25, 0.3) is 5.65 Å². The van der Waals surface area contributed by atoms with Crippen LogP contribution >= 0.6 is 0 Å². The second-order valence-corrected chi connectivity index (χ2v) is 12.2. The number of pyridine rings is 2. The highest BCUT2D eigenvalue weighted by Gasteiger charge is 2.26. The Morgan fingerprint density at radius 1 is 0.818 bits per heavy atom. The van der Waals surface area contributed by atoms with Crippen molar-refractivity contribution in [1.29, 1.82) is 0 Å². The number of rotatable bonds is 2. The minimum atomic E-state index is 0.241. The first-order valence-corrected chi connectivity index (χ1v) is 12.1. The average molecular weight is 439 g/mol. The summed E-state index contributed by atoms with van der Waals surface area (Å²) >= 11 is 0. The van der Waals surface area contributed by atoms with E-state index in [1.54, 1.807) is 0 Å². The van der Waals surface area contributed by atoms with Gasteiger partial charge in [0.2, 0.25) is 0 Å². The van der Waals surface area contributed by atoms with Crippen LogP contribution in [0.4, 0.5) is 0 Å². The molecule has 0 aliphatic carbocycles. The quantitative estimate of drug-likeness (QED) is 0.213. The van der Waals surface area contributed by atoms with Crippen LogP contribution in [0.25, 0.3) is 38.5 Å². The molecule has 5 aromatic rings. The zero-order chi connectivity index (χ0) is 23.7. The van der Waals surface area contributed by atoms with Gasteiger partial charge in [-0.3, -0.25) is 4.98 Å². The van der Waals surface area contributed by atoms with E-state index in [-0.39, 0.29) is 10.8 Å². The van der Waals surface area contributed by atoms with Crippen LogP contribution in [0.1, 0.15) is 58.2 Å². The Balaban J connectivity index is 1.95. The summed E-state index contributed by atoms with van der Waals surface area (Å²) in [6.45, 7) is 16.0. The van der Waals surface area contributed by atoms with Crippen LogP contribution < -0.4 is 4.57 Å². The zero-order valence-corrected chi connectivity index (χ0v) is 21.4. The van der Waals surface area contributed by atoms with Crippen LogP contribution in [0, 0.1) is 17.8 Å². The molecule has 0 aliphatic rings. The van der Waals surface area contributed by atoms with E-state index < -0.39 is 0 Å². The Labute approximate surface area is 197 Å². The molecule has 3 aromatic heterocycles. The fourth-order valence-corrected chi connectivity index (χ4v) is 5.39. The summed E-state index contributed by atoms with van der Waals surface area (Å²) in [4.78, 5) is 4.91. The molecule has 0 amide bonds. The van der Waals surface area contributed by atoms with Crippen molar-refractivity contribution in [2.45, 2.75) is 61.3 Å². The number of nitrogens with zero attached hydrogens (tertiary/aromatic N) is 3. The number of hydrogen-bond acceptors (Lipinski definition) is 1. The molecule has 3 heterocycles. The second-order valence-electron chi connectivity index (χ2n) is 12.2. The van der Waals surface area contributed by atoms with E-state index >= 15 is 0 Å². The normalized spacial score (nSPS) is 13.1. The molecule has 0 atom stereocenters. The van der Waals surface area contributed by atoms with Gasteiger partial charge >= 0.3 is 0 Å². The first-order valence-electron chi connectivity index (χ1n) is 12.1. The summed E-state index contributed by atoms with van der Waals surface area (Å²) in [6.07, 6.45) is 4.06. The lowest BCUT2D eigenvalue weighted by Gasteiger charge is -2.18. The summed E-state index contributed by atoms with van der Waals surface area (Å²) < 4.78 is 4.81. The van der Waals surface area contributed by atoms with Gasteiger partial charge in [0.05, 0.1) is 18.0 Å². The number of benzene rings is 2. The molecule has 0 bridgehead atoms. The highest BCUT2D eigenvalue weighted by molar-refractivity contribution is 6.11. The van der Waals surface area contributed by atoms with E-state index in [2.05, 4.69) is 107 Å². The molecule has 2 aromatic carbocycles. The van der Waals surface area contributed by atoms with Gasteiger partial charge in [-0.2, -0.15) is 4.40 Å². The minimum Gasteiger partial charge on any atom is -0.255 e. The monoisotopic (exact) mass is 438 g/mol. The fourth-order valence-electron chi connectivity index (χ4n) is 5.39. The van der Waals surface area contributed by atoms with Crippen molar-refractivity contribution >= 4 is 38.5 Å². The lowest BCUT2D eigenvalue weighted by molar-refractivity contribution is -0.617. The maximum atomic E-state index is 4.91. The molecule has 0 aliphatic heterocycles. The first kappa shape index (κ1) is 21.9. The minimum absolute atomic E-state index is 0.241. The lowest BCUT2D eigenvalue weighted by atomic mass is 9.87. The molecule has 0 saturated heterocycles. The third kappa shape index (κ3) is 3.78. The smallest absolute Gasteiger partial charge is 0.255 e. The van der Waals surface area contributed by atoms with E-state index in [0.717, 1.165) is 18.4 Å². The first-order chi connectivity index (χ1) is 15.4. The maximum Gasteiger partial charge on any atom is 0.297 e. The maximum absolute atomic E-state index is 4.91. The van der Waals surface area contributed by atoms with Crippen LogP contribution in [-0.2, 0) is 19.9 Å². The molecule has 170 valence electrons. The lowest BCUT2D eigenvalue weighted by Crippen LogP contribution is -2.27. The van der Waals surface area contributed by atoms with Crippen LogP contribution in [0.15, 0.2) is 48.7 Å². The van der Waals surface area contributed by atoms with Crippen LogP contribution in [0.5, 0.6) is 0 Å². The van der Waals surface area contributed by atoms with Crippen molar-refractivity contribution in [3.63, 3.8) is 0 Å². The molecule has 33 heavy (non-hydrogen) atoms. The third-order valence-corrected chi connectivity index (χ3v) is 6.58. The predicted octanol–water partition coefficient (Wildman–Crippen LogP) is 7.10. The number of aryl methyl sites for hydroxylation is 2. The van der Waals surface area contributed by atoms with E-state index in [9.17, 15) is 0 Å². The molecule has 0 saturated carbocycles. The van der Waals surface area contributed by atoms with Crippen molar-refractivity contribution in [2.75, 3.05) is 0 Å². The summed E-state index contributed by atoms with van der Waals surface area (Å²) in [6, 6.07) is 16.1. The molecule has 0 N–H and O–H groups in total. The molecule has 0 unspecified atom stereocenters. The Hall–Kier alpha value is -2.94. The van der Waals surface area contributed by atoms with Gasteiger partial charge in [-0.05, 0) is 77.6 Å². The highest BCUT2D eigenvalue weighted by Crippen LogP contribution is 2.34. The molecular weight excluding hydrogens is 402 g/mol. The standard InChI is InChI=1S/C30H36N3/c1-19-13-14-31-27-22-15-20(17-29(2,3)4)9-11-23(22)33-25-16-21(18-30(5,6)7)10-12-24(25)32(8)28(33)26(19)27/h9-16H,17-18H2,1-8H3/q+1. The van der Waals surface area contributed by atoms with E-state index in [1.165, 1.54) is 49.7 Å². The summed E-state index contributed by atoms with van der Waals surface area (Å²) in [5.41, 5.74) is 10.6. The Morgan fingerprint density at radius 2 is 1.45 bits per heavy atom. The van der Waals surface area contributed by atoms with Gasteiger partial charge in [-0.25, -0.2) is 4.57 Å². The Kier molecular flexibility index (Phi) is 4.83. The van der Waals surface area contributed by atoms with Gasteiger partial charge in [0.15, 0.2) is 11.0 Å². The van der Waals surface area contributed by atoms with Gasteiger partial charge in [-0.15, -0.1) is 0 Å². The Bertz CT molecular complexity index is 1540. The van der Waals surface area contributed by atoms with Gasteiger partial charge in [-0.1, -0.05) is 53.7 Å². The molecule has 5 rings (SSSR count). The predicted molar refractivity (Wildman–Crippen MR) is 140 cm³/mol. The van der Waals surface area contributed by atoms with Crippen molar-refractivity contribution < 1.29 is 4.57 Å². The van der Waals surface area contributed by atoms with Crippen LogP contribution in [0.2, 0.25) is 0 Å². The highest BCUT2D eigenvalue weighted by atomic mass is 15.1. The van der Waals surface area contributed by atoms with Gasteiger partial charge in [0, 0.05) is 11.6 Å². The number of imidazole rings is 1. The fraction of sp³-hybridized carbons (Fsp3) is 0.400. The van der Waals surface area contributed by atoms with Crippen molar-refractivity contribution in [3.05, 3.63) is 65.4 Å². The largest absolute Gasteiger partial charge is 0.297 e. The molecule has 0 spiro atoms. The third-order valence-electron chi connectivity index (χ3n) is 6.58. The van der Waals surface area contributed by atoms with Crippen molar-refractivity contribution in [1.82, 2.24) is 9.38 Å². The number of aromatic nitrogens is 3. The average Bonchev–Trinajstić information content (AvgIpc) is 2.98. The van der Waals surface area contributed by atoms with Crippen LogP contribution in [0.3, 0.4) is 0 Å². The van der Waals surface area contributed by atoms with E-state index in [1.807, 2.05) is 6.20 Å². The van der Waals surface area contributed by atoms with Crippen molar-refractivity contribution in [3.8, 4) is 0 Å². The summed E-state index contributed by atoms with van der Waals surface area (Å²) in [5, 5.41) is 2.48. The van der Waals surface area contributed by atoms with Gasteiger partial charge < -0.3 is 0 Å².